The molecule has 4 aromatic rings. The molecular formula is C39H46N6O6. The smallest absolute Gasteiger partial charge is 0.412 e. The summed E-state index contributed by atoms with van der Waals surface area (Å²) < 4.78 is 16.4. The molecule has 2 aliphatic heterocycles. The van der Waals surface area contributed by atoms with E-state index in [1.165, 1.54) is 7.11 Å². The van der Waals surface area contributed by atoms with Gasteiger partial charge in [-0.15, -0.1) is 0 Å². The molecule has 4 amide bonds. The number of amides is 4. The summed E-state index contributed by atoms with van der Waals surface area (Å²) in [6.45, 7) is 11.1. The number of hydrogen-bond donors (Lipinski definition) is 3. The highest BCUT2D eigenvalue weighted by Crippen LogP contribution is 2.39. The Hall–Kier alpha value is -5.20. The second-order valence-corrected chi connectivity index (χ2v) is 13.9. The Labute approximate surface area is 298 Å². The fraction of sp³-hybridized carbons (Fsp3) is 0.385. The van der Waals surface area contributed by atoms with Gasteiger partial charge in [0.25, 0.3) is 5.91 Å². The first-order chi connectivity index (χ1) is 24.6. The molecule has 2 saturated heterocycles. The van der Waals surface area contributed by atoms with E-state index in [4.69, 9.17) is 19.2 Å². The predicted octanol–water partition coefficient (Wildman–Crippen LogP) is 6.86. The van der Waals surface area contributed by atoms with Crippen LogP contribution in [0.1, 0.15) is 44.9 Å². The second kappa shape index (κ2) is 15.8. The molecule has 0 atom stereocenters. The van der Waals surface area contributed by atoms with E-state index in [2.05, 4.69) is 33.0 Å². The van der Waals surface area contributed by atoms with Gasteiger partial charge < -0.3 is 29.7 Å². The van der Waals surface area contributed by atoms with Gasteiger partial charge in [0.2, 0.25) is 0 Å². The van der Waals surface area contributed by atoms with E-state index in [-0.39, 0.29) is 23.7 Å². The fourth-order valence-electron chi connectivity index (χ4n) is 6.40. The Bertz CT molecular complexity index is 1880. The van der Waals surface area contributed by atoms with Crippen LogP contribution in [0, 0.1) is 0 Å². The second-order valence-electron chi connectivity index (χ2n) is 13.9. The maximum Gasteiger partial charge on any atom is 0.412 e. The first-order valence-corrected chi connectivity index (χ1v) is 17.4. The van der Waals surface area contributed by atoms with Gasteiger partial charge in [0.05, 0.1) is 43.1 Å². The third kappa shape index (κ3) is 8.76. The van der Waals surface area contributed by atoms with Gasteiger partial charge in [0.1, 0.15) is 0 Å². The molecule has 6 rings (SSSR count). The number of benzene rings is 3. The van der Waals surface area contributed by atoms with Gasteiger partial charge in [-0.1, -0.05) is 57.2 Å². The first kappa shape index (κ1) is 35.6. The van der Waals surface area contributed by atoms with Crippen LogP contribution in [-0.4, -0.2) is 85.9 Å². The number of hydrogen-bond acceptors (Lipinski definition) is 8. The highest BCUT2D eigenvalue weighted by Gasteiger charge is 2.24. The summed E-state index contributed by atoms with van der Waals surface area (Å²) in [5.41, 5.74) is 4.77. The van der Waals surface area contributed by atoms with E-state index in [1.807, 2.05) is 69.4 Å². The first-order valence-electron chi connectivity index (χ1n) is 17.4. The van der Waals surface area contributed by atoms with Crippen LogP contribution in [0.25, 0.3) is 21.9 Å². The van der Waals surface area contributed by atoms with Crippen LogP contribution in [0.5, 0.6) is 5.75 Å². The highest BCUT2D eigenvalue weighted by molar-refractivity contribution is 6.10. The number of carbonyl (C=O) groups is 3. The molecule has 268 valence electrons. The zero-order valence-corrected chi connectivity index (χ0v) is 29.7. The molecule has 12 nitrogen and oxygen atoms in total. The third-order valence-corrected chi connectivity index (χ3v) is 9.23. The Balaban J connectivity index is 1.19. The number of fused-ring (bicyclic) bond motifs is 1. The molecule has 0 saturated carbocycles. The summed E-state index contributed by atoms with van der Waals surface area (Å²) in [4.78, 5) is 47.6. The topological polar surface area (TPSA) is 134 Å². The molecule has 0 radical (unpaired) electrons. The lowest BCUT2D eigenvalue weighted by Gasteiger charge is -2.26. The number of carbonyl (C=O) groups excluding carboxylic acids is 3. The SMILES string of the molecule is COc1c(NC(=O)Nc2ccc(-c3ccc(CN4CCOCC4)nc3)c3ccccc23)cc(C(C)(C)C)cc1NC(=O)OCC(=O)N1CCCC1. The number of nitrogens with zero attached hydrogens (tertiary/aromatic N) is 3. The van der Waals surface area contributed by atoms with Crippen molar-refractivity contribution in [1.82, 2.24) is 14.8 Å². The van der Waals surface area contributed by atoms with E-state index in [9.17, 15) is 14.4 Å². The molecule has 2 aliphatic rings. The van der Waals surface area contributed by atoms with Gasteiger partial charge in [-0.05, 0) is 59.0 Å². The minimum Gasteiger partial charge on any atom is -0.492 e. The molecule has 12 heteroatoms. The van der Waals surface area contributed by atoms with E-state index >= 15 is 0 Å². The van der Waals surface area contributed by atoms with Crippen molar-refractivity contribution in [3.63, 3.8) is 0 Å². The Morgan fingerprint density at radius 1 is 0.843 bits per heavy atom. The summed E-state index contributed by atoms with van der Waals surface area (Å²) >= 11 is 0. The molecule has 3 aromatic carbocycles. The van der Waals surface area contributed by atoms with Crippen LogP contribution in [0.4, 0.5) is 26.7 Å². The van der Waals surface area contributed by atoms with Gasteiger partial charge in [-0.25, -0.2) is 9.59 Å². The number of anilines is 3. The van der Waals surface area contributed by atoms with E-state index in [0.717, 1.165) is 78.8 Å². The third-order valence-electron chi connectivity index (χ3n) is 9.23. The zero-order chi connectivity index (χ0) is 36.0. The van der Waals surface area contributed by atoms with Gasteiger partial charge in [-0.3, -0.25) is 20.0 Å². The highest BCUT2D eigenvalue weighted by atomic mass is 16.6. The normalized spacial score (nSPS) is 15.0. The average Bonchev–Trinajstić information content (AvgIpc) is 3.67. The number of pyridine rings is 1. The summed E-state index contributed by atoms with van der Waals surface area (Å²) in [6, 6.07) is 19.0. The van der Waals surface area contributed by atoms with Crippen LogP contribution in [0.3, 0.4) is 0 Å². The summed E-state index contributed by atoms with van der Waals surface area (Å²) in [6.07, 6.45) is 3.00. The standard InChI is InChI=1S/C39H46N6O6/c1-39(2,3)27-21-33(36(49-4)34(22-27)43-38(48)51-25-35(46)45-15-7-8-16-45)42-37(47)41-32-14-13-29(30-9-5-6-10-31(30)32)26-11-12-28(40-23-26)24-44-17-19-50-20-18-44/h5-6,9-14,21-23H,7-8,15-20,24-25H2,1-4H3,(H,43,48)(H2,41,42,47). The van der Waals surface area contributed by atoms with Crippen molar-refractivity contribution in [2.75, 3.05) is 69.1 Å². The van der Waals surface area contributed by atoms with Crippen LogP contribution in [0.2, 0.25) is 0 Å². The molecule has 0 spiro atoms. The van der Waals surface area contributed by atoms with Crippen LogP contribution in [-0.2, 0) is 26.2 Å². The number of ether oxygens (including phenoxy) is 3. The Morgan fingerprint density at radius 2 is 1.53 bits per heavy atom. The lowest BCUT2D eigenvalue weighted by atomic mass is 9.86. The van der Waals surface area contributed by atoms with Crippen LogP contribution in [0.15, 0.2) is 66.9 Å². The summed E-state index contributed by atoms with van der Waals surface area (Å²) in [5, 5.41) is 10.5. The Morgan fingerprint density at radius 3 is 2.20 bits per heavy atom. The number of rotatable bonds is 9. The van der Waals surface area contributed by atoms with Crippen molar-refractivity contribution in [1.29, 1.82) is 0 Å². The van der Waals surface area contributed by atoms with E-state index in [0.29, 0.717) is 30.2 Å². The van der Waals surface area contributed by atoms with Crippen LogP contribution < -0.4 is 20.7 Å². The molecule has 1 aromatic heterocycles. The van der Waals surface area contributed by atoms with Crippen LogP contribution >= 0.6 is 0 Å². The number of methoxy groups -OCH3 is 1. The number of morpholine rings is 1. The maximum absolute atomic E-state index is 13.6. The molecular weight excluding hydrogens is 648 g/mol. The van der Waals surface area contributed by atoms with Gasteiger partial charge in [0, 0.05) is 49.9 Å². The van der Waals surface area contributed by atoms with Crippen molar-refractivity contribution in [2.45, 2.75) is 45.6 Å². The van der Waals surface area contributed by atoms with Crippen molar-refractivity contribution in [3.05, 3.63) is 78.1 Å². The summed E-state index contributed by atoms with van der Waals surface area (Å²) in [5.74, 6) is 0.0115. The molecule has 0 unspecified atom stereocenters. The Kier molecular flexibility index (Phi) is 11.0. The largest absolute Gasteiger partial charge is 0.492 e. The molecule has 3 N–H and O–H groups in total. The van der Waals surface area contributed by atoms with Crippen molar-refractivity contribution < 1.29 is 28.6 Å². The minimum absolute atomic E-state index is 0.230. The number of urea groups is 1. The molecule has 0 aliphatic carbocycles. The number of aromatic nitrogens is 1. The van der Waals surface area contributed by atoms with Gasteiger partial charge >= 0.3 is 12.1 Å². The molecule has 2 fully saturated rings. The fourth-order valence-corrected chi connectivity index (χ4v) is 6.40. The van der Waals surface area contributed by atoms with E-state index in [1.54, 1.807) is 11.0 Å². The zero-order valence-electron chi connectivity index (χ0n) is 29.7. The van der Waals surface area contributed by atoms with Crippen molar-refractivity contribution in [2.24, 2.45) is 0 Å². The van der Waals surface area contributed by atoms with E-state index < -0.39 is 12.1 Å². The van der Waals surface area contributed by atoms with Gasteiger partial charge in [0.15, 0.2) is 12.4 Å². The lowest BCUT2D eigenvalue weighted by molar-refractivity contribution is -0.133. The molecule has 51 heavy (non-hydrogen) atoms. The average molecular weight is 695 g/mol. The van der Waals surface area contributed by atoms with Crippen molar-refractivity contribution >= 4 is 45.9 Å². The number of nitrogens with one attached hydrogen (secondary N) is 3. The monoisotopic (exact) mass is 694 g/mol. The quantitative estimate of drug-likeness (QED) is 0.173. The molecule has 3 heterocycles. The van der Waals surface area contributed by atoms with Crippen molar-refractivity contribution in [3.8, 4) is 16.9 Å². The minimum atomic E-state index is -0.796. The van der Waals surface area contributed by atoms with Gasteiger partial charge in [-0.2, -0.15) is 0 Å². The summed E-state index contributed by atoms with van der Waals surface area (Å²) in [7, 11) is 1.46. The number of likely N-dealkylation sites (tertiary alicyclic amines) is 1. The molecule has 0 bridgehead atoms. The lowest BCUT2D eigenvalue weighted by Crippen LogP contribution is -2.35. The maximum atomic E-state index is 13.6. The predicted molar refractivity (Wildman–Crippen MR) is 198 cm³/mol.